The van der Waals surface area contributed by atoms with Gasteiger partial charge in [-0.05, 0) is 75.8 Å². The second kappa shape index (κ2) is 10.4. The van der Waals surface area contributed by atoms with Crippen molar-refractivity contribution in [3.8, 4) is 22.5 Å². The first-order valence-electron chi connectivity index (χ1n) is 17.1. The van der Waals surface area contributed by atoms with Crippen LogP contribution in [0.5, 0.6) is 0 Å². The molecule has 0 spiro atoms. The van der Waals surface area contributed by atoms with Crippen molar-refractivity contribution in [3.63, 3.8) is 0 Å². The predicted octanol–water partition coefficient (Wildman–Crippen LogP) is 12.4. The van der Waals surface area contributed by atoms with E-state index in [1.807, 2.05) is 12.3 Å². The van der Waals surface area contributed by atoms with Gasteiger partial charge < -0.3 is 9.13 Å². The summed E-state index contributed by atoms with van der Waals surface area (Å²) in [6.07, 6.45) is 1.92. The normalized spacial score (nSPS) is 12.0. The van der Waals surface area contributed by atoms with Crippen LogP contribution in [0.4, 0.5) is 0 Å². The van der Waals surface area contributed by atoms with Crippen molar-refractivity contribution in [2.75, 3.05) is 0 Å². The van der Waals surface area contributed by atoms with E-state index in [4.69, 9.17) is 4.98 Å². The van der Waals surface area contributed by atoms with Gasteiger partial charge >= 0.3 is 0 Å². The van der Waals surface area contributed by atoms with Gasteiger partial charge in [-0.15, -0.1) is 0 Å². The molecule has 0 N–H and O–H groups in total. The van der Waals surface area contributed by atoms with Gasteiger partial charge in [-0.1, -0.05) is 121 Å². The molecule has 0 unspecified atom stereocenters. The Morgan fingerprint density at radius 2 is 0.860 bits per heavy atom. The molecule has 11 aromatic rings. The van der Waals surface area contributed by atoms with Crippen molar-refractivity contribution in [2.45, 2.75) is 0 Å². The van der Waals surface area contributed by atoms with Crippen molar-refractivity contribution in [1.82, 2.24) is 14.1 Å². The van der Waals surface area contributed by atoms with Crippen LogP contribution in [0, 0.1) is 0 Å². The molecule has 0 fully saturated rings. The van der Waals surface area contributed by atoms with Gasteiger partial charge in [0.1, 0.15) is 0 Å². The molecule has 3 nitrogen and oxygen atoms in total. The number of hydrogen-bond donors (Lipinski definition) is 0. The number of fused-ring (bicyclic) bond motifs is 12. The van der Waals surface area contributed by atoms with Crippen molar-refractivity contribution >= 4 is 76.1 Å². The highest BCUT2D eigenvalue weighted by molar-refractivity contribution is 6.26. The van der Waals surface area contributed by atoms with Crippen molar-refractivity contribution in [3.05, 3.63) is 176 Å². The molecular formula is C47H29N3. The summed E-state index contributed by atoms with van der Waals surface area (Å²) in [5.41, 5.74) is 10.5. The molecule has 0 amide bonds. The summed E-state index contributed by atoms with van der Waals surface area (Å²) in [6.45, 7) is 0. The molecule has 3 heterocycles. The van der Waals surface area contributed by atoms with Crippen molar-refractivity contribution in [2.24, 2.45) is 0 Å². The Kier molecular flexibility index (Phi) is 5.67. The number of para-hydroxylation sites is 3. The van der Waals surface area contributed by atoms with Crippen LogP contribution in [-0.4, -0.2) is 14.1 Å². The molecule has 0 saturated carbocycles. The zero-order valence-electron chi connectivity index (χ0n) is 27.1. The van der Waals surface area contributed by atoms with Gasteiger partial charge in [0.15, 0.2) is 0 Å². The van der Waals surface area contributed by atoms with Gasteiger partial charge in [-0.2, -0.15) is 0 Å². The average Bonchev–Trinajstić information content (AvgIpc) is 3.70. The average molecular weight is 636 g/mol. The summed E-state index contributed by atoms with van der Waals surface area (Å²) < 4.78 is 4.82. The van der Waals surface area contributed by atoms with E-state index in [1.54, 1.807) is 0 Å². The third kappa shape index (κ3) is 3.77. The van der Waals surface area contributed by atoms with Crippen LogP contribution in [0.15, 0.2) is 176 Å². The highest BCUT2D eigenvalue weighted by Gasteiger charge is 2.19. The van der Waals surface area contributed by atoms with Crippen LogP contribution in [0.2, 0.25) is 0 Å². The van der Waals surface area contributed by atoms with Crippen LogP contribution in [0.3, 0.4) is 0 Å². The topological polar surface area (TPSA) is 22.8 Å². The van der Waals surface area contributed by atoms with Crippen LogP contribution >= 0.6 is 0 Å². The van der Waals surface area contributed by atoms with E-state index < -0.39 is 0 Å². The van der Waals surface area contributed by atoms with Gasteiger partial charge in [0.25, 0.3) is 0 Å². The van der Waals surface area contributed by atoms with Crippen LogP contribution in [-0.2, 0) is 0 Å². The Morgan fingerprint density at radius 3 is 1.54 bits per heavy atom. The number of pyridine rings is 1. The molecule has 8 aromatic carbocycles. The fraction of sp³-hybridized carbons (Fsp3) is 0. The summed E-state index contributed by atoms with van der Waals surface area (Å²) >= 11 is 0. The molecule has 0 atom stereocenters. The van der Waals surface area contributed by atoms with Crippen LogP contribution in [0.25, 0.3) is 98.6 Å². The van der Waals surface area contributed by atoms with Gasteiger partial charge in [-0.3, -0.25) is 4.98 Å². The predicted molar refractivity (Wildman–Crippen MR) is 211 cm³/mol. The molecule has 3 heteroatoms. The van der Waals surface area contributed by atoms with Crippen LogP contribution < -0.4 is 0 Å². The van der Waals surface area contributed by atoms with Gasteiger partial charge in [0, 0.05) is 44.2 Å². The lowest BCUT2D eigenvalue weighted by Gasteiger charge is -2.16. The Morgan fingerprint density at radius 1 is 0.340 bits per heavy atom. The first-order chi connectivity index (χ1) is 24.8. The second-order valence-electron chi connectivity index (χ2n) is 13.1. The van der Waals surface area contributed by atoms with E-state index in [0.717, 1.165) is 16.9 Å². The van der Waals surface area contributed by atoms with E-state index in [-0.39, 0.29) is 0 Å². The lowest BCUT2D eigenvalue weighted by molar-refractivity contribution is 1.18. The Labute approximate surface area is 287 Å². The molecule has 50 heavy (non-hydrogen) atoms. The molecule has 0 saturated heterocycles. The largest absolute Gasteiger partial charge is 0.309 e. The van der Waals surface area contributed by atoms with Crippen LogP contribution in [0.1, 0.15) is 0 Å². The molecule has 0 aliphatic rings. The highest BCUT2D eigenvalue weighted by atomic mass is 15.0. The van der Waals surface area contributed by atoms with E-state index in [9.17, 15) is 0 Å². The quantitative estimate of drug-likeness (QED) is 0.177. The maximum Gasteiger partial charge on any atom is 0.0807 e. The molecule has 0 bridgehead atoms. The lowest BCUT2D eigenvalue weighted by Crippen LogP contribution is -1.97. The number of benzene rings is 8. The van der Waals surface area contributed by atoms with Gasteiger partial charge in [0.2, 0.25) is 0 Å². The summed E-state index contributed by atoms with van der Waals surface area (Å²) in [5, 5.41) is 11.1. The fourth-order valence-electron chi connectivity index (χ4n) is 8.39. The highest BCUT2D eigenvalue weighted by Crippen LogP contribution is 2.41. The molecule has 0 aliphatic heterocycles. The minimum absolute atomic E-state index is 1.03. The molecule has 3 aromatic heterocycles. The summed E-state index contributed by atoms with van der Waals surface area (Å²) in [4.78, 5) is 5.01. The lowest BCUT2D eigenvalue weighted by atomic mass is 9.96. The first kappa shape index (κ1) is 27.3. The molecule has 0 radical (unpaired) electrons. The Balaban J connectivity index is 1.14. The first-order valence-corrected chi connectivity index (χ1v) is 17.1. The molecule has 11 rings (SSSR count). The Hall–Kier alpha value is -6.71. The maximum atomic E-state index is 5.01. The fourth-order valence-corrected chi connectivity index (χ4v) is 8.39. The van der Waals surface area contributed by atoms with Crippen molar-refractivity contribution < 1.29 is 0 Å². The zero-order chi connectivity index (χ0) is 32.8. The van der Waals surface area contributed by atoms with Gasteiger partial charge in [-0.25, -0.2) is 0 Å². The van der Waals surface area contributed by atoms with E-state index in [2.05, 4.69) is 173 Å². The van der Waals surface area contributed by atoms with Crippen molar-refractivity contribution in [1.29, 1.82) is 0 Å². The minimum Gasteiger partial charge on any atom is -0.309 e. The molecular weight excluding hydrogens is 607 g/mol. The van der Waals surface area contributed by atoms with E-state index in [0.29, 0.717) is 0 Å². The van der Waals surface area contributed by atoms with E-state index >= 15 is 0 Å². The standard InChI is InChI=1S/C47H29N3/c1-2-12-34-33(11-1)39-16-9-21-44(46(39)47-40(34)17-10-28-48-47)50-43-20-8-5-15-37(43)38-27-24-31(29-45(38)50)30-22-25-32(26-23-30)49-41-18-6-3-13-35(41)36-14-4-7-19-42(36)49/h1-29H. The van der Waals surface area contributed by atoms with Gasteiger partial charge in [0.05, 0.1) is 33.3 Å². The number of nitrogens with zero attached hydrogens (tertiary/aromatic N) is 3. The second-order valence-corrected chi connectivity index (χ2v) is 13.1. The molecule has 0 aliphatic carbocycles. The third-order valence-corrected chi connectivity index (χ3v) is 10.5. The summed E-state index contributed by atoms with van der Waals surface area (Å²) in [7, 11) is 0. The number of aromatic nitrogens is 3. The van der Waals surface area contributed by atoms with E-state index in [1.165, 1.54) is 81.7 Å². The Bertz CT molecular complexity index is 3040. The minimum atomic E-state index is 1.03. The smallest absolute Gasteiger partial charge is 0.0807 e. The number of rotatable bonds is 3. The molecule has 232 valence electrons. The third-order valence-electron chi connectivity index (χ3n) is 10.5. The zero-order valence-corrected chi connectivity index (χ0v) is 27.1. The monoisotopic (exact) mass is 635 g/mol. The summed E-state index contributed by atoms with van der Waals surface area (Å²) in [5.74, 6) is 0. The summed E-state index contributed by atoms with van der Waals surface area (Å²) in [6, 6.07) is 61.7. The SMILES string of the molecule is c1ccc2c(c1)c1cccnc1c1c(-n3c4ccccc4c4ccc(-c5ccc(-n6c7ccccc7c7ccccc76)cc5)cc43)cccc21. The maximum absolute atomic E-state index is 5.01. The number of hydrogen-bond acceptors (Lipinski definition) is 1.